The lowest BCUT2D eigenvalue weighted by molar-refractivity contribution is 0.102. The number of nitrogen functional groups attached to an aromatic ring is 1. The van der Waals surface area contributed by atoms with E-state index < -0.39 is 29.0 Å². The fourth-order valence-corrected chi connectivity index (χ4v) is 1.66. The van der Waals surface area contributed by atoms with Gasteiger partial charge in [0.05, 0.1) is 7.11 Å². The predicted octanol–water partition coefficient (Wildman–Crippen LogP) is 2.95. The third-order valence-electron chi connectivity index (χ3n) is 2.75. The molecule has 4 nitrogen and oxygen atoms in total. The minimum atomic E-state index is -1.03. The number of halogens is 3. The molecule has 0 atom stereocenters. The van der Waals surface area contributed by atoms with E-state index in [0.29, 0.717) is 0 Å². The van der Waals surface area contributed by atoms with E-state index in [1.165, 1.54) is 19.2 Å². The summed E-state index contributed by atoms with van der Waals surface area (Å²) < 4.78 is 44.6. The number of benzene rings is 2. The van der Waals surface area contributed by atoms with E-state index in [-0.39, 0.29) is 17.0 Å². The van der Waals surface area contributed by atoms with Crippen LogP contribution in [0.25, 0.3) is 0 Å². The summed E-state index contributed by atoms with van der Waals surface area (Å²) in [5, 5.41) is 2.37. The largest absolute Gasteiger partial charge is 0.494 e. The number of carbonyl (C=O) groups is 1. The average molecular weight is 296 g/mol. The minimum absolute atomic E-state index is 0.0672. The summed E-state index contributed by atoms with van der Waals surface area (Å²) in [5.74, 6) is -3.49. The SMILES string of the molecule is COc1cc(NC(=O)c2cc(F)c(N)c(F)c2)ccc1F. The molecule has 0 aromatic heterocycles. The quantitative estimate of drug-likeness (QED) is 0.856. The van der Waals surface area contributed by atoms with Gasteiger partial charge in [0.2, 0.25) is 0 Å². The number of amides is 1. The minimum Gasteiger partial charge on any atom is -0.494 e. The van der Waals surface area contributed by atoms with Crippen molar-refractivity contribution in [2.75, 3.05) is 18.2 Å². The molecule has 0 bridgehead atoms. The van der Waals surface area contributed by atoms with Gasteiger partial charge in [0.15, 0.2) is 11.6 Å². The van der Waals surface area contributed by atoms with Crippen molar-refractivity contribution >= 4 is 17.3 Å². The second-order valence-electron chi connectivity index (χ2n) is 4.16. The first-order valence-electron chi connectivity index (χ1n) is 5.81. The molecule has 1 amide bonds. The highest BCUT2D eigenvalue weighted by Gasteiger charge is 2.14. The Morgan fingerprint density at radius 2 is 1.71 bits per heavy atom. The first-order valence-corrected chi connectivity index (χ1v) is 5.81. The van der Waals surface area contributed by atoms with Crippen molar-refractivity contribution in [2.24, 2.45) is 0 Å². The molecule has 0 heterocycles. The molecule has 0 saturated carbocycles. The number of hydrogen-bond donors (Lipinski definition) is 2. The maximum absolute atomic E-state index is 13.3. The van der Waals surface area contributed by atoms with Crippen molar-refractivity contribution in [1.82, 2.24) is 0 Å². The van der Waals surface area contributed by atoms with Crippen LogP contribution in [0.4, 0.5) is 24.5 Å². The van der Waals surface area contributed by atoms with E-state index in [9.17, 15) is 18.0 Å². The Morgan fingerprint density at radius 1 is 1.10 bits per heavy atom. The van der Waals surface area contributed by atoms with Gasteiger partial charge in [-0.15, -0.1) is 0 Å². The Morgan fingerprint density at radius 3 is 2.29 bits per heavy atom. The van der Waals surface area contributed by atoms with Gasteiger partial charge >= 0.3 is 0 Å². The normalized spacial score (nSPS) is 10.3. The van der Waals surface area contributed by atoms with E-state index in [4.69, 9.17) is 10.5 Å². The number of carbonyl (C=O) groups excluding carboxylic acids is 1. The second-order valence-corrected chi connectivity index (χ2v) is 4.16. The Labute approximate surface area is 118 Å². The molecular formula is C14H11F3N2O2. The lowest BCUT2D eigenvalue weighted by Crippen LogP contribution is -2.13. The summed E-state index contributed by atoms with van der Waals surface area (Å²) in [6.45, 7) is 0. The average Bonchev–Trinajstić information content (AvgIpc) is 2.46. The van der Waals surface area contributed by atoms with Gasteiger partial charge in [-0.2, -0.15) is 0 Å². The molecule has 3 N–H and O–H groups in total. The summed E-state index contributed by atoms with van der Waals surface area (Å²) in [5.41, 5.74) is 4.43. The van der Waals surface area contributed by atoms with Crippen LogP contribution in [0.2, 0.25) is 0 Å². The van der Waals surface area contributed by atoms with Crippen molar-refractivity contribution < 1.29 is 22.7 Å². The van der Waals surface area contributed by atoms with E-state index >= 15 is 0 Å². The van der Waals surface area contributed by atoms with Gasteiger partial charge in [0, 0.05) is 17.3 Å². The highest BCUT2D eigenvalue weighted by Crippen LogP contribution is 2.23. The molecule has 110 valence electrons. The Hall–Kier alpha value is -2.70. The molecule has 0 unspecified atom stereocenters. The highest BCUT2D eigenvalue weighted by molar-refractivity contribution is 6.04. The van der Waals surface area contributed by atoms with E-state index in [1.807, 2.05) is 0 Å². The monoisotopic (exact) mass is 296 g/mol. The number of anilines is 2. The van der Waals surface area contributed by atoms with Crippen LogP contribution in [0, 0.1) is 17.5 Å². The molecule has 2 rings (SSSR count). The zero-order valence-electron chi connectivity index (χ0n) is 10.9. The molecule has 7 heteroatoms. The number of methoxy groups -OCH3 is 1. The zero-order chi connectivity index (χ0) is 15.6. The first-order chi connectivity index (χ1) is 9.92. The third kappa shape index (κ3) is 3.07. The lowest BCUT2D eigenvalue weighted by Gasteiger charge is -2.09. The number of rotatable bonds is 3. The van der Waals surface area contributed by atoms with Gasteiger partial charge in [0.1, 0.15) is 17.3 Å². The molecule has 0 radical (unpaired) electrons. The Kier molecular flexibility index (Phi) is 4.02. The highest BCUT2D eigenvalue weighted by atomic mass is 19.1. The summed E-state index contributed by atoms with van der Waals surface area (Å²) >= 11 is 0. The Bertz CT molecular complexity index is 682. The maximum Gasteiger partial charge on any atom is 0.255 e. The maximum atomic E-state index is 13.3. The van der Waals surface area contributed by atoms with Gasteiger partial charge in [-0.1, -0.05) is 0 Å². The summed E-state index contributed by atoms with van der Waals surface area (Å²) in [4.78, 5) is 11.9. The van der Waals surface area contributed by atoms with Crippen LogP contribution >= 0.6 is 0 Å². The van der Waals surface area contributed by atoms with Gasteiger partial charge in [0.25, 0.3) is 5.91 Å². The molecule has 0 fully saturated rings. The fourth-order valence-electron chi connectivity index (χ4n) is 1.66. The summed E-state index contributed by atoms with van der Waals surface area (Å²) in [6.07, 6.45) is 0. The van der Waals surface area contributed by atoms with E-state index in [0.717, 1.165) is 18.2 Å². The molecule has 0 aliphatic heterocycles. The zero-order valence-corrected chi connectivity index (χ0v) is 10.9. The standard InChI is InChI=1S/C14H11F3N2O2/c1-21-12-6-8(2-3-9(12)15)19-14(20)7-4-10(16)13(18)11(17)5-7/h2-6H,18H2,1H3,(H,19,20). The molecule has 21 heavy (non-hydrogen) atoms. The van der Waals surface area contributed by atoms with Gasteiger partial charge in [-0.25, -0.2) is 13.2 Å². The van der Waals surface area contributed by atoms with Crippen molar-refractivity contribution in [3.63, 3.8) is 0 Å². The topological polar surface area (TPSA) is 64.3 Å². The van der Waals surface area contributed by atoms with Crippen molar-refractivity contribution in [2.45, 2.75) is 0 Å². The van der Waals surface area contributed by atoms with E-state index in [2.05, 4.69) is 5.32 Å². The summed E-state index contributed by atoms with van der Waals surface area (Å²) in [7, 11) is 1.27. The lowest BCUT2D eigenvalue weighted by atomic mass is 10.1. The van der Waals surface area contributed by atoms with Gasteiger partial charge in [-0.3, -0.25) is 4.79 Å². The summed E-state index contributed by atoms with van der Waals surface area (Å²) in [6, 6.07) is 5.26. The van der Waals surface area contributed by atoms with Crippen LogP contribution in [0.15, 0.2) is 30.3 Å². The van der Waals surface area contributed by atoms with Gasteiger partial charge < -0.3 is 15.8 Å². The van der Waals surface area contributed by atoms with Crippen LogP contribution in [-0.4, -0.2) is 13.0 Å². The molecular weight excluding hydrogens is 285 g/mol. The van der Waals surface area contributed by atoms with Crippen molar-refractivity contribution in [1.29, 1.82) is 0 Å². The van der Waals surface area contributed by atoms with Crippen LogP contribution in [0.5, 0.6) is 5.75 Å². The van der Waals surface area contributed by atoms with Crippen LogP contribution < -0.4 is 15.8 Å². The number of hydrogen-bond acceptors (Lipinski definition) is 3. The Balaban J connectivity index is 2.26. The molecule has 2 aromatic carbocycles. The van der Waals surface area contributed by atoms with Crippen LogP contribution in [-0.2, 0) is 0 Å². The molecule has 2 aromatic rings. The molecule has 0 spiro atoms. The molecule has 0 saturated heterocycles. The molecule has 0 aliphatic carbocycles. The van der Waals surface area contributed by atoms with Crippen molar-refractivity contribution in [3.8, 4) is 5.75 Å². The number of nitrogens with two attached hydrogens (primary N) is 1. The number of ether oxygens (including phenoxy) is 1. The second kappa shape index (κ2) is 5.74. The van der Waals surface area contributed by atoms with Crippen LogP contribution in [0.1, 0.15) is 10.4 Å². The van der Waals surface area contributed by atoms with Gasteiger partial charge in [-0.05, 0) is 24.3 Å². The van der Waals surface area contributed by atoms with E-state index in [1.54, 1.807) is 0 Å². The van der Waals surface area contributed by atoms with Crippen LogP contribution in [0.3, 0.4) is 0 Å². The number of nitrogens with one attached hydrogen (secondary N) is 1. The molecule has 0 aliphatic rings. The first kappa shape index (κ1) is 14.7. The van der Waals surface area contributed by atoms with Crippen molar-refractivity contribution in [3.05, 3.63) is 53.3 Å². The smallest absolute Gasteiger partial charge is 0.255 e. The third-order valence-corrected chi connectivity index (χ3v) is 2.75. The predicted molar refractivity (Wildman–Crippen MR) is 71.7 cm³/mol. The fraction of sp³-hybridized carbons (Fsp3) is 0.0714.